The summed E-state index contributed by atoms with van der Waals surface area (Å²) in [6.07, 6.45) is 3.71. The number of nitrogens with two attached hydrogens (primary N) is 1. The van der Waals surface area contributed by atoms with Gasteiger partial charge >= 0.3 is 0 Å². The maximum Gasteiger partial charge on any atom is 0.244 e. The predicted molar refractivity (Wildman–Crippen MR) is 75.2 cm³/mol. The van der Waals surface area contributed by atoms with Gasteiger partial charge in [-0.25, -0.2) is 8.42 Å². The highest BCUT2D eigenvalue weighted by Gasteiger charge is 2.40. The largest absolute Gasteiger partial charge is 0.392 e. The van der Waals surface area contributed by atoms with Gasteiger partial charge in [0.05, 0.1) is 16.7 Å². The maximum atomic E-state index is 12.3. The number of hydrogen-bond acceptors (Lipinski definition) is 5. The van der Waals surface area contributed by atoms with Crippen LogP contribution in [-0.2, 0) is 10.0 Å². The van der Waals surface area contributed by atoms with E-state index >= 15 is 0 Å². The monoisotopic (exact) mass is 303 g/mol. The molecule has 106 valence electrons. The van der Waals surface area contributed by atoms with E-state index < -0.39 is 15.6 Å². The number of nitrogens with zero attached hydrogens (tertiary/aromatic N) is 2. The zero-order valence-corrected chi connectivity index (χ0v) is 12.2. The second-order valence-corrected chi connectivity index (χ2v) is 6.91. The van der Waals surface area contributed by atoms with E-state index in [2.05, 4.69) is 19.8 Å². The number of aromatic nitrogens is 2. The van der Waals surface area contributed by atoms with Gasteiger partial charge in [0.25, 0.3) is 0 Å². The first-order valence-electron chi connectivity index (χ1n) is 5.87. The summed E-state index contributed by atoms with van der Waals surface area (Å²) in [5, 5.41) is 6.13. The molecule has 0 spiro atoms. The van der Waals surface area contributed by atoms with Crippen LogP contribution in [0, 0.1) is 0 Å². The van der Waals surface area contributed by atoms with Crippen LogP contribution in [0.15, 0.2) is 17.3 Å². The van der Waals surface area contributed by atoms with E-state index in [9.17, 15) is 8.42 Å². The number of rotatable bonds is 4. The summed E-state index contributed by atoms with van der Waals surface area (Å²) in [6, 6.07) is 0. The number of sulfonamides is 1. The van der Waals surface area contributed by atoms with Crippen molar-refractivity contribution in [1.29, 1.82) is 0 Å². The summed E-state index contributed by atoms with van der Waals surface area (Å²) in [4.78, 5) is 2.39. The van der Waals surface area contributed by atoms with Crippen LogP contribution in [0.25, 0.3) is 0 Å². The quantitative estimate of drug-likeness (QED) is 0.644. The minimum Gasteiger partial charge on any atom is -0.392 e. The van der Waals surface area contributed by atoms with E-state index in [-0.39, 0.29) is 9.88 Å². The first kappa shape index (κ1) is 14.4. The fraction of sp³-hybridized carbons (Fsp3) is 0.600. The Balaban J connectivity index is 2.25. The van der Waals surface area contributed by atoms with Gasteiger partial charge in [0.2, 0.25) is 10.0 Å². The Hall–Kier alpha value is -1.03. The van der Waals surface area contributed by atoms with Gasteiger partial charge in [-0.1, -0.05) is 12.2 Å². The number of nitrogens with one attached hydrogen (secondary N) is 2. The molecule has 1 aromatic rings. The van der Waals surface area contributed by atoms with Gasteiger partial charge in [0.15, 0.2) is 0 Å². The number of H-pyrrole nitrogens is 1. The number of hydrogen-bond donors (Lipinski definition) is 3. The molecule has 2 heterocycles. The molecule has 0 radical (unpaired) electrons. The number of likely N-dealkylation sites (tertiary alicyclic amines) is 1. The van der Waals surface area contributed by atoms with Crippen molar-refractivity contribution >= 4 is 27.2 Å². The molecule has 2 rings (SSSR count). The summed E-state index contributed by atoms with van der Waals surface area (Å²) in [5.41, 5.74) is 4.92. The molecule has 0 amide bonds. The van der Waals surface area contributed by atoms with Crippen molar-refractivity contribution in [3.05, 3.63) is 12.4 Å². The van der Waals surface area contributed by atoms with Gasteiger partial charge < -0.3 is 10.6 Å². The van der Waals surface area contributed by atoms with Gasteiger partial charge in [0.1, 0.15) is 4.90 Å². The molecule has 0 aromatic carbocycles. The van der Waals surface area contributed by atoms with E-state index in [4.69, 9.17) is 18.0 Å². The van der Waals surface area contributed by atoms with Crippen LogP contribution in [0.5, 0.6) is 0 Å². The van der Waals surface area contributed by atoms with E-state index in [1.807, 2.05) is 7.05 Å². The molecule has 1 fully saturated rings. The molecule has 9 heteroatoms. The molecule has 0 aliphatic carbocycles. The Labute approximate surface area is 117 Å². The van der Waals surface area contributed by atoms with E-state index in [0.29, 0.717) is 12.8 Å². The highest BCUT2D eigenvalue weighted by molar-refractivity contribution is 7.89. The third-order valence-corrected chi connectivity index (χ3v) is 5.32. The normalized spacial score (nSPS) is 20.3. The van der Waals surface area contributed by atoms with E-state index in [1.165, 1.54) is 12.4 Å². The lowest BCUT2D eigenvalue weighted by molar-refractivity contribution is 0.220. The lowest BCUT2D eigenvalue weighted by Gasteiger charge is -2.39. The SMILES string of the molecule is CN1CCC(NS(=O)(=O)c2cn[nH]c2)(C(N)=S)CC1. The van der Waals surface area contributed by atoms with Gasteiger partial charge in [-0.15, -0.1) is 0 Å². The van der Waals surface area contributed by atoms with Gasteiger partial charge in [-0.2, -0.15) is 9.82 Å². The predicted octanol–water partition coefficient (Wildman–Crippen LogP) is -0.561. The first-order valence-corrected chi connectivity index (χ1v) is 7.76. The van der Waals surface area contributed by atoms with Crippen molar-refractivity contribution in [2.45, 2.75) is 23.3 Å². The molecule has 0 bridgehead atoms. The lowest BCUT2D eigenvalue weighted by atomic mass is 9.89. The Morgan fingerprint density at radius 3 is 2.68 bits per heavy atom. The number of thiocarbonyl (C=S) groups is 1. The molecule has 0 atom stereocenters. The van der Waals surface area contributed by atoms with Crippen molar-refractivity contribution in [2.24, 2.45) is 5.73 Å². The van der Waals surface area contributed by atoms with Crippen LogP contribution in [-0.4, -0.2) is 54.2 Å². The second kappa shape index (κ2) is 5.16. The van der Waals surface area contributed by atoms with Crippen molar-refractivity contribution < 1.29 is 8.42 Å². The van der Waals surface area contributed by atoms with Crippen LogP contribution in [0.1, 0.15) is 12.8 Å². The molecule has 4 N–H and O–H groups in total. The highest BCUT2D eigenvalue weighted by atomic mass is 32.2. The summed E-state index contributed by atoms with van der Waals surface area (Å²) in [7, 11) is -1.69. The van der Waals surface area contributed by atoms with Crippen molar-refractivity contribution in [1.82, 2.24) is 19.8 Å². The fourth-order valence-electron chi connectivity index (χ4n) is 2.10. The highest BCUT2D eigenvalue weighted by Crippen LogP contribution is 2.24. The van der Waals surface area contributed by atoms with Crippen LogP contribution >= 0.6 is 12.2 Å². The van der Waals surface area contributed by atoms with E-state index in [1.54, 1.807) is 0 Å². The van der Waals surface area contributed by atoms with E-state index in [0.717, 1.165) is 13.1 Å². The topological polar surface area (TPSA) is 104 Å². The average molecular weight is 303 g/mol. The Bertz CT molecular complexity index is 546. The standard InChI is InChI=1S/C10H17N5O2S2/c1-15-4-2-10(3-5-15,9(11)18)14-19(16,17)8-6-12-13-7-8/h6-7,14H,2-5H2,1H3,(H2,11,18)(H,12,13). The summed E-state index contributed by atoms with van der Waals surface area (Å²) >= 11 is 5.07. The smallest absolute Gasteiger partial charge is 0.244 e. The van der Waals surface area contributed by atoms with Crippen LogP contribution < -0.4 is 10.5 Å². The summed E-state index contributed by atoms with van der Waals surface area (Å²) in [6.45, 7) is 1.48. The molecule has 1 aliphatic heterocycles. The molecular formula is C10H17N5O2S2. The van der Waals surface area contributed by atoms with Crippen LogP contribution in [0.2, 0.25) is 0 Å². The van der Waals surface area contributed by atoms with Crippen molar-refractivity contribution in [3.63, 3.8) is 0 Å². The molecule has 0 unspecified atom stereocenters. The molecule has 1 aromatic heterocycles. The van der Waals surface area contributed by atoms with Crippen molar-refractivity contribution in [3.8, 4) is 0 Å². The fourth-order valence-corrected chi connectivity index (χ4v) is 3.77. The minimum atomic E-state index is -3.67. The number of piperidine rings is 1. The third kappa shape index (κ3) is 2.94. The van der Waals surface area contributed by atoms with Crippen LogP contribution in [0.4, 0.5) is 0 Å². The lowest BCUT2D eigenvalue weighted by Crippen LogP contribution is -2.61. The van der Waals surface area contributed by atoms with Crippen LogP contribution in [0.3, 0.4) is 0 Å². The second-order valence-electron chi connectivity index (χ2n) is 4.79. The van der Waals surface area contributed by atoms with Gasteiger partial charge in [-0.05, 0) is 19.9 Å². The maximum absolute atomic E-state index is 12.3. The average Bonchev–Trinajstić information content (AvgIpc) is 2.86. The molecule has 1 saturated heterocycles. The Morgan fingerprint density at radius 2 is 2.21 bits per heavy atom. The van der Waals surface area contributed by atoms with Gasteiger partial charge in [-0.3, -0.25) is 5.10 Å². The Morgan fingerprint density at radius 1 is 1.58 bits per heavy atom. The molecule has 0 saturated carbocycles. The third-order valence-electron chi connectivity index (χ3n) is 3.43. The molecule has 7 nitrogen and oxygen atoms in total. The zero-order chi connectivity index (χ0) is 14.1. The summed E-state index contributed by atoms with van der Waals surface area (Å²) < 4.78 is 27.2. The Kier molecular flexibility index (Phi) is 3.90. The molecule has 19 heavy (non-hydrogen) atoms. The number of aromatic amines is 1. The van der Waals surface area contributed by atoms with Gasteiger partial charge in [0, 0.05) is 19.3 Å². The minimum absolute atomic E-state index is 0.0852. The molecule has 1 aliphatic rings. The summed E-state index contributed by atoms with van der Waals surface area (Å²) in [5.74, 6) is 0. The van der Waals surface area contributed by atoms with Crippen molar-refractivity contribution in [2.75, 3.05) is 20.1 Å². The zero-order valence-electron chi connectivity index (χ0n) is 10.6. The first-order chi connectivity index (χ1) is 8.86. The molecular weight excluding hydrogens is 286 g/mol.